The quantitative estimate of drug-likeness (QED) is 0.723. The molecule has 1 atom stereocenters. The molecule has 0 spiro atoms. The highest BCUT2D eigenvalue weighted by Crippen LogP contribution is 2.17. The van der Waals surface area contributed by atoms with Crippen molar-refractivity contribution in [2.24, 2.45) is 0 Å². The van der Waals surface area contributed by atoms with Gasteiger partial charge in [-0.05, 0) is 25.1 Å². The molecule has 0 saturated carbocycles. The van der Waals surface area contributed by atoms with Crippen LogP contribution in [0.15, 0.2) is 18.2 Å². The first-order valence-corrected chi connectivity index (χ1v) is 4.64. The summed E-state index contributed by atoms with van der Waals surface area (Å²) in [5.41, 5.74) is 1.44. The number of aryl methyl sites for hydroxylation is 1. The highest BCUT2D eigenvalue weighted by Gasteiger charge is 2.11. The fourth-order valence-corrected chi connectivity index (χ4v) is 1.33. The van der Waals surface area contributed by atoms with E-state index in [1.165, 1.54) is 6.07 Å². The first-order chi connectivity index (χ1) is 6.69. The Hall–Kier alpha value is -1.33. The number of nitrogens with one attached hydrogen (secondary N) is 1. The topological polar surface area (TPSA) is 12.0 Å². The van der Waals surface area contributed by atoms with E-state index in [-0.39, 0.29) is 11.9 Å². The van der Waals surface area contributed by atoms with Crippen LogP contribution in [0.1, 0.15) is 24.1 Å². The van der Waals surface area contributed by atoms with Crippen molar-refractivity contribution in [3.05, 3.63) is 35.1 Å². The molecule has 0 aromatic heterocycles. The third-order valence-electron chi connectivity index (χ3n) is 2.04. The van der Waals surface area contributed by atoms with Gasteiger partial charge in [0.1, 0.15) is 5.82 Å². The number of hydrogen-bond acceptors (Lipinski definition) is 1. The third-order valence-corrected chi connectivity index (χ3v) is 2.04. The summed E-state index contributed by atoms with van der Waals surface area (Å²) < 4.78 is 13.5. The smallest absolute Gasteiger partial charge is 0.129 e. The molecule has 0 bridgehead atoms. The Bertz CT molecular complexity index is 352. The van der Waals surface area contributed by atoms with E-state index in [4.69, 9.17) is 6.42 Å². The summed E-state index contributed by atoms with van der Waals surface area (Å²) in [7, 11) is 0. The second kappa shape index (κ2) is 4.78. The van der Waals surface area contributed by atoms with E-state index in [1.807, 2.05) is 19.9 Å². The normalized spacial score (nSPS) is 12.1. The molecule has 0 aliphatic heterocycles. The molecule has 1 nitrogen and oxygen atoms in total. The van der Waals surface area contributed by atoms with Gasteiger partial charge >= 0.3 is 0 Å². The molecular formula is C12H14FN. The lowest BCUT2D eigenvalue weighted by molar-refractivity contribution is 0.573. The zero-order valence-electron chi connectivity index (χ0n) is 8.47. The van der Waals surface area contributed by atoms with Crippen LogP contribution in [0.25, 0.3) is 0 Å². The number of benzene rings is 1. The van der Waals surface area contributed by atoms with Gasteiger partial charge in [0.25, 0.3) is 0 Å². The van der Waals surface area contributed by atoms with Gasteiger partial charge in [-0.2, -0.15) is 0 Å². The summed E-state index contributed by atoms with van der Waals surface area (Å²) in [6.45, 7) is 4.52. The fourth-order valence-electron chi connectivity index (χ4n) is 1.33. The second-order valence-corrected chi connectivity index (χ2v) is 3.18. The zero-order chi connectivity index (χ0) is 10.6. The van der Waals surface area contributed by atoms with Crippen LogP contribution in [-0.4, -0.2) is 6.54 Å². The van der Waals surface area contributed by atoms with E-state index >= 15 is 0 Å². The summed E-state index contributed by atoms with van der Waals surface area (Å²) in [4.78, 5) is 0. The van der Waals surface area contributed by atoms with Gasteiger partial charge in [0.05, 0.1) is 6.04 Å². The van der Waals surface area contributed by atoms with Crippen molar-refractivity contribution < 1.29 is 4.39 Å². The van der Waals surface area contributed by atoms with E-state index < -0.39 is 0 Å². The van der Waals surface area contributed by atoms with Crippen molar-refractivity contribution in [3.8, 4) is 12.3 Å². The lowest BCUT2D eigenvalue weighted by Crippen LogP contribution is -2.20. The lowest BCUT2D eigenvalue weighted by atomic mass is 10.0. The Morgan fingerprint density at radius 3 is 2.79 bits per heavy atom. The summed E-state index contributed by atoms with van der Waals surface area (Å²) in [6.07, 6.45) is 5.32. The second-order valence-electron chi connectivity index (χ2n) is 3.18. The SMILES string of the molecule is C#CC(NCC)c1ccc(C)cc1F. The summed E-state index contributed by atoms with van der Waals surface area (Å²) >= 11 is 0. The van der Waals surface area contributed by atoms with Crippen molar-refractivity contribution >= 4 is 0 Å². The maximum absolute atomic E-state index is 13.5. The Morgan fingerprint density at radius 1 is 1.57 bits per heavy atom. The zero-order valence-corrected chi connectivity index (χ0v) is 8.47. The summed E-state index contributed by atoms with van der Waals surface area (Å²) in [5, 5.41) is 3.03. The van der Waals surface area contributed by atoms with Crippen LogP contribution < -0.4 is 5.32 Å². The fraction of sp³-hybridized carbons (Fsp3) is 0.333. The van der Waals surface area contributed by atoms with Gasteiger partial charge in [-0.15, -0.1) is 6.42 Å². The Labute approximate surface area is 84.3 Å². The predicted octanol–water partition coefficient (Wildman–Crippen LogP) is 2.42. The molecule has 0 fully saturated rings. The van der Waals surface area contributed by atoms with Gasteiger partial charge in [0, 0.05) is 5.56 Å². The average molecular weight is 191 g/mol. The summed E-state index contributed by atoms with van der Waals surface area (Å²) in [6, 6.07) is 4.76. The van der Waals surface area contributed by atoms with Crippen LogP contribution in [0.2, 0.25) is 0 Å². The minimum Gasteiger partial charge on any atom is -0.300 e. The molecule has 1 aromatic rings. The summed E-state index contributed by atoms with van der Waals surface area (Å²) in [5.74, 6) is 2.29. The van der Waals surface area contributed by atoms with E-state index in [0.717, 1.165) is 12.1 Å². The Kier molecular flexibility index (Phi) is 3.67. The largest absolute Gasteiger partial charge is 0.300 e. The van der Waals surface area contributed by atoms with Crippen LogP contribution in [0, 0.1) is 25.1 Å². The van der Waals surface area contributed by atoms with E-state index in [9.17, 15) is 4.39 Å². The molecular weight excluding hydrogens is 177 g/mol. The first-order valence-electron chi connectivity index (χ1n) is 4.64. The molecule has 0 radical (unpaired) electrons. The molecule has 1 rings (SSSR count). The van der Waals surface area contributed by atoms with E-state index in [1.54, 1.807) is 6.07 Å². The number of hydrogen-bond donors (Lipinski definition) is 1. The molecule has 0 saturated heterocycles. The van der Waals surface area contributed by atoms with Crippen molar-refractivity contribution in [1.82, 2.24) is 5.32 Å². The van der Waals surface area contributed by atoms with Crippen LogP contribution in [0.3, 0.4) is 0 Å². The van der Waals surface area contributed by atoms with Gasteiger partial charge in [-0.25, -0.2) is 4.39 Å². The van der Waals surface area contributed by atoms with Gasteiger partial charge < -0.3 is 5.32 Å². The van der Waals surface area contributed by atoms with Crippen molar-refractivity contribution in [2.75, 3.05) is 6.54 Å². The average Bonchev–Trinajstić information content (AvgIpc) is 2.15. The van der Waals surface area contributed by atoms with Crippen LogP contribution in [-0.2, 0) is 0 Å². The molecule has 0 heterocycles. The molecule has 74 valence electrons. The maximum Gasteiger partial charge on any atom is 0.129 e. The lowest BCUT2D eigenvalue weighted by Gasteiger charge is -2.12. The highest BCUT2D eigenvalue weighted by atomic mass is 19.1. The minimum atomic E-state index is -0.333. The van der Waals surface area contributed by atoms with Crippen molar-refractivity contribution in [2.45, 2.75) is 19.9 Å². The molecule has 1 aromatic carbocycles. The van der Waals surface area contributed by atoms with Gasteiger partial charge in [0.2, 0.25) is 0 Å². The van der Waals surface area contributed by atoms with E-state index in [2.05, 4.69) is 11.2 Å². The number of rotatable bonds is 3. The Morgan fingerprint density at radius 2 is 2.29 bits per heavy atom. The molecule has 1 N–H and O–H groups in total. The molecule has 2 heteroatoms. The standard InChI is InChI=1S/C12H14FN/c1-4-12(14-5-2)10-7-6-9(3)8-11(10)13/h1,6-8,12,14H,5H2,2-3H3. The Balaban J connectivity index is 3.00. The van der Waals surface area contributed by atoms with Gasteiger partial charge in [-0.1, -0.05) is 25.0 Å². The van der Waals surface area contributed by atoms with E-state index in [0.29, 0.717) is 5.56 Å². The van der Waals surface area contributed by atoms with Crippen molar-refractivity contribution in [3.63, 3.8) is 0 Å². The monoisotopic (exact) mass is 191 g/mol. The maximum atomic E-state index is 13.5. The van der Waals surface area contributed by atoms with Crippen LogP contribution in [0.5, 0.6) is 0 Å². The van der Waals surface area contributed by atoms with Gasteiger partial charge in [-0.3, -0.25) is 0 Å². The number of terminal acetylenes is 1. The minimum absolute atomic E-state index is 0.242. The third kappa shape index (κ3) is 2.34. The molecule has 0 aliphatic rings. The molecule has 0 amide bonds. The molecule has 1 unspecified atom stereocenters. The van der Waals surface area contributed by atoms with Gasteiger partial charge in [0.15, 0.2) is 0 Å². The van der Waals surface area contributed by atoms with Crippen LogP contribution >= 0.6 is 0 Å². The molecule has 0 aliphatic carbocycles. The predicted molar refractivity (Wildman–Crippen MR) is 56.4 cm³/mol. The number of halogens is 1. The van der Waals surface area contributed by atoms with Crippen LogP contribution in [0.4, 0.5) is 4.39 Å². The highest BCUT2D eigenvalue weighted by molar-refractivity contribution is 5.30. The van der Waals surface area contributed by atoms with Crippen molar-refractivity contribution in [1.29, 1.82) is 0 Å². The molecule has 14 heavy (non-hydrogen) atoms. The first kappa shape index (κ1) is 10.7.